The zero-order valence-electron chi connectivity index (χ0n) is 60.0. The second kappa shape index (κ2) is 21.9. The van der Waals surface area contributed by atoms with E-state index in [9.17, 15) is 8.22 Å². The van der Waals surface area contributed by atoms with Crippen molar-refractivity contribution >= 4 is 108 Å². The van der Waals surface area contributed by atoms with Gasteiger partial charge in [0, 0.05) is 67.5 Å². The van der Waals surface area contributed by atoms with Crippen molar-refractivity contribution in [2.24, 2.45) is 0 Å². The topological polar surface area (TPSA) is 20.6 Å². The molecule has 0 saturated heterocycles. The molecule has 444 valence electrons. The normalized spacial score (nSPS) is 14.6. The van der Waals surface area contributed by atoms with Gasteiger partial charge in [-0.3, -0.25) is 0 Å². The number of aromatic nitrogens is 1. The van der Waals surface area contributed by atoms with Gasteiger partial charge in [0.2, 0.25) is 0 Å². The van der Waals surface area contributed by atoms with Crippen molar-refractivity contribution in [3.05, 3.63) is 339 Å². The summed E-state index contributed by atoms with van der Waals surface area (Å²) in [5.41, 5.74) is 17.5. The van der Waals surface area contributed by atoms with Crippen molar-refractivity contribution in [3.8, 4) is 61.7 Å². The number of nitrogens with zero attached hydrogens (tertiary/aromatic N) is 3. The van der Waals surface area contributed by atoms with E-state index in [4.69, 9.17) is 7.48 Å². The van der Waals surface area contributed by atoms with E-state index in [1.54, 1.807) is 4.57 Å². The van der Waals surface area contributed by atoms with Crippen LogP contribution in [0.15, 0.2) is 333 Å². The number of hydrogen-bond acceptors (Lipinski definition) is 3. The molecule has 1 aromatic heterocycles. The predicted molar refractivity (Wildman–Crippen MR) is 399 cm³/mol. The van der Waals surface area contributed by atoms with Crippen LogP contribution in [0.3, 0.4) is 0 Å². The molecular formula is C88H64BN3OSi. The van der Waals surface area contributed by atoms with Crippen LogP contribution in [0.5, 0.6) is 11.5 Å². The van der Waals surface area contributed by atoms with Crippen LogP contribution >= 0.6 is 0 Å². The molecule has 0 radical (unpaired) electrons. The Morgan fingerprint density at radius 1 is 0.372 bits per heavy atom. The van der Waals surface area contributed by atoms with Crippen molar-refractivity contribution in [1.29, 1.82) is 0 Å². The Labute approximate surface area is 561 Å². The maximum Gasteiger partial charge on any atom is 0.252 e. The Balaban J connectivity index is 1.06. The fourth-order valence-electron chi connectivity index (χ4n) is 15.4. The Morgan fingerprint density at radius 3 is 1.27 bits per heavy atom. The van der Waals surface area contributed by atoms with Crippen molar-refractivity contribution < 1.29 is 15.7 Å². The first-order valence-corrected chi connectivity index (χ1v) is 34.1. The van der Waals surface area contributed by atoms with Gasteiger partial charge in [0.05, 0.1) is 33.4 Å². The van der Waals surface area contributed by atoms with Crippen LogP contribution in [0.25, 0.3) is 72.0 Å². The highest BCUT2D eigenvalue weighted by atomic mass is 28.3. The van der Waals surface area contributed by atoms with Crippen molar-refractivity contribution in [2.45, 2.75) is 26.2 Å². The Kier molecular flexibility index (Phi) is 11.0. The van der Waals surface area contributed by atoms with Crippen molar-refractivity contribution in [3.63, 3.8) is 0 Å². The lowest BCUT2D eigenvalue weighted by Gasteiger charge is -2.47. The van der Waals surface area contributed by atoms with E-state index in [0.29, 0.717) is 5.69 Å². The maximum absolute atomic E-state index is 9.82. The van der Waals surface area contributed by atoms with Gasteiger partial charge in [-0.2, -0.15) is 0 Å². The van der Waals surface area contributed by atoms with E-state index >= 15 is 0 Å². The van der Waals surface area contributed by atoms with Gasteiger partial charge < -0.3 is 19.1 Å². The van der Waals surface area contributed by atoms with Gasteiger partial charge in [-0.25, -0.2) is 0 Å². The first-order chi connectivity index (χ1) is 49.6. The van der Waals surface area contributed by atoms with Gasteiger partial charge in [-0.15, -0.1) is 0 Å². The van der Waals surface area contributed by atoms with E-state index in [-0.39, 0.29) is 33.9 Å². The first-order valence-electron chi connectivity index (χ1n) is 36.1. The zero-order chi connectivity index (χ0) is 69.6. The monoisotopic (exact) mass is 1230 g/mol. The third kappa shape index (κ3) is 8.53. The SMILES string of the molecule is [2H]c1c([2H])c([2H])c2c(c1[2H])c1c([2H])c([2H])c([2H])c([2H])c1n2-c1ccc2c(c1)N(c1c(-c3ccccc3)cccc1-c1ccccc1)c1cc(C(C)(C)C)cc3c1B2c1cc2c(cc1N3c1c(-c3ccccc3)cccc1-c1ccccc1)Oc1ccccc1[Si]2(c1ccccc1)c1ccccc1. The second-order valence-electron chi connectivity index (χ2n) is 25.7. The number of benzene rings is 14. The molecule has 0 spiro atoms. The molecule has 3 aliphatic rings. The summed E-state index contributed by atoms with van der Waals surface area (Å²) in [5.74, 6) is 1.56. The van der Waals surface area contributed by atoms with Crippen molar-refractivity contribution in [2.75, 3.05) is 9.80 Å². The summed E-state index contributed by atoms with van der Waals surface area (Å²) in [5, 5.41) is 4.63. The molecule has 0 amide bonds. The van der Waals surface area contributed by atoms with Gasteiger partial charge in [0.1, 0.15) is 11.5 Å². The maximum atomic E-state index is 9.82. The van der Waals surface area contributed by atoms with Gasteiger partial charge in [-0.05, 0) is 113 Å². The number of hydrogen-bond donors (Lipinski definition) is 0. The van der Waals surface area contributed by atoms with E-state index < -0.39 is 56.5 Å². The second-order valence-corrected chi connectivity index (χ2v) is 29.4. The summed E-state index contributed by atoms with van der Waals surface area (Å²) in [6.07, 6.45) is 0. The van der Waals surface area contributed by atoms with Crippen LogP contribution < -0.4 is 51.7 Å². The van der Waals surface area contributed by atoms with E-state index in [1.165, 1.54) is 10.4 Å². The molecule has 0 unspecified atom stereocenters. The fourth-order valence-corrected chi connectivity index (χ4v) is 20.4. The molecular weight excluding hydrogens is 1150 g/mol. The van der Waals surface area contributed by atoms with E-state index in [1.807, 2.05) is 18.2 Å². The Bertz CT molecular complexity index is 5730. The Hall–Kier alpha value is -11.4. The molecule has 4 nitrogen and oxygen atoms in total. The fraction of sp³-hybridized carbons (Fsp3) is 0.0455. The molecule has 0 aliphatic carbocycles. The van der Waals surface area contributed by atoms with E-state index in [2.05, 4.69) is 297 Å². The highest BCUT2D eigenvalue weighted by Crippen LogP contribution is 2.54. The molecule has 0 atom stereocenters. The molecule has 0 bridgehead atoms. The highest BCUT2D eigenvalue weighted by molar-refractivity contribution is 7.21. The minimum atomic E-state index is -3.39. The number of rotatable bonds is 9. The van der Waals surface area contributed by atoms with Crippen LogP contribution in [0.4, 0.5) is 34.1 Å². The minimum absolute atomic E-state index is 0.00757. The molecule has 6 heteroatoms. The molecule has 94 heavy (non-hydrogen) atoms. The van der Waals surface area contributed by atoms with Gasteiger partial charge in [0.15, 0.2) is 8.07 Å². The summed E-state index contributed by atoms with van der Waals surface area (Å²) >= 11 is 0. The number of fused-ring (bicyclic) bond motifs is 9. The summed E-state index contributed by atoms with van der Waals surface area (Å²) in [4.78, 5) is 4.97. The third-order valence-corrected chi connectivity index (χ3v) is 24.3. The molecule has 18 rings (SSSR count). The largest absolute Gasteiger partial charge is 0.457 e. The predicted octanol–water partition coefficient (Wildman–Crippen LogP) is 18.3. The summed E-state index contributed by atoms with van der Waals surface area (Å²) in [6, 6.07) is 98.4. The lowest BCUT2D eigenvalue weighted by molar-refractivity contribution is 0.487. The van der Waals surface area contributed by atoms with Crippen LogP contribution in [0, 0.1) is 0 Å². The van der Waals surface area contributed by atoms with Crippen LogP contribution in [0.2, 0.25) is 0 Å². The number of para-hydroxylation sites is 5. The molecule has 0 N–H and O–H groups in total. The average molecular weight is 1230 g/mol. The summed E-state index contributed by atoms with van der Waals surface area (Å²) in [6.45, 7) is 6.26. The molecule has 4 heterocycles. The smallest absolute Gasteiger partial charge is 0.252 e. The first kappa shape index (κ1) is 47.5. The van der Waals surface area contributed by atoms with E-state index in [0.717, 1.165) is 122 Å². The third-order valence-electron chi connectivity index (χ3n) is 19.5. The van der Waals surface area contributed by atoms with Crippen LogP contribution in [-0.4, -0.2) is 19.4 Å². The molecule has 15 aromatic rings. The Morgan fingerprint density at radius 2 is 0.798 bits per heavy atom. The number of ether oxygens (including phenoxy) is 1. The molecule has 0 saturated carbocycles. The lowest BCUT2D eigenvalue weighted by atomic mass is 9.33. The zero-order valence-corrected chi connectivity index (χ0v) is 53.0. The standard InChI is InChI=1S/C88H64BN3OSi/c1-88(2,3)63-54-79-85-80(55-63)92(87-69(61-34-14-6-15-35-61)46-29-47-70(87)62-36-16-7-17-37-62)78-58-82-84(94(65-38-18-8-19-39-65,66-40-20-9-21-41-66)83-51-27-26-50-81(83)93-82)57-74(78)89(85)73-53-52-64(90-75-48-24-22-42-71(75)72-43-23-25-49-76(72)90)56-77(73)91(79)86-67(59-30-10-4-11-31-59)44-28-45-68(86)60-32-12-5-13-33-60/h4-58H,1-3H3/i22D,23D,24D,25D,42D,43D,48D,49D. The lowest BCUT2D eigenvalue weighted by Crippen LogP contribution is -2.77. The van der Waals surface area contributed by atoms with Gasteiger partial charge in [-0.1, -0.05) is 306 Å². The molecule has 14 aromatic carbocycles. The molecule has 3 aliphatic heterocycles. The van der Waals surface area contributed by atoms with Crippen LogP contribution in [-0.2, 0) is 5.41 Å². The molecule has 0 fully saturated rings. The highest BCUT2D eigenvalue weighted by Gasteiger charge is 2.52. The summed E-state index contributed by atoms with van der Waals surface area (Å²) in [7, 11) is -3.39. The van der Waals surface area contributed by atoms with Crippen molar-refractivity contribution in [1.82, 2.24) is 4.57 Å². The minimum Gasteiger partial charge on any atom is -0.457 e. The van der Waals surface area contributed by atoms with Gasteiger partial charge >= 0.3 is 0 Å². The quantitative estimate of drug-likeness (QED) is 0.134. The summed E-state index contributed by atoms with van der Waals surface area (Å²) < 4.78 is 84.5. The van der Waals surface area contributed by atoms with Gasteiger partial charge in [0.25, 0.3) is 6.71 Å². The number of anilines is 6. The average Bonchev–Trinajstić information content (AvgIpc) is 0.694. The van der Waals surface area contributed by atoms with Crippen LogP contribution in [0.1, 0.15) is 37.3 Å².